The van der Waals surface area contributed by atoms with Crippen LogP contribution in [-0.2, 0) is 92.3 Å². The molecule has 0 saturated heterocycles. The van der Waals surface area contributed by atoms with Crippen molar-refractivity contribution >= 4 is 54.0 Å². The summed E-state index contributed by atoms with van der Waals surface area (Å²) in [6.07, 6.45) is 0. The van der Waals surface area contributed by atoms with Gasteiger partial charge in [-0.25, -0.2) is 0 Å². The summed E-state index contributed by atoms with van der Waals surface area (Å²) in [4.78, 5) is 0. The summed E-state index contributed by atoms with van der Waals surface area (Å²) in [5.74, 6) is 0. The first-order valence-electron chi connectivity index (χ1n) is 0. The Labute approximate surface area is 104 Å². The van der Waals surface area contributed by atoms with E-state index in [-0.39, 0.29) is 106 Å². The third-order valence-corrected chi connectivity index (χ3v) is 0. The van der Waals surface area contributed by atoms with E-state index in [2.05, 4.69) is 0 Å². The van der Waals surface area contributed by atoms with Crippen molar-refractivity contribution < 1.29 is 51.8 Å². The molecule has 0 heterocycles. The molecule has 0 saturated carbocycles. The van der Waals surface area contributed by atoms with E-state index in [0.29, 0.717) is 0 Å². The van der Waals surface area contributed by atoms with E-state index in [0.717, 1.165) is 0 Å². The van der Waals surface area contributed by atoms with Gasteiger partial charge in [-0.3, -0.25) is 0 Å². The molecule has 0 unspecified atom stereocenters. The van der Waals surface area contributed by atoms with Crippen LogP contribution in [0.5, 0.6) is 0 Å². The third-order valence-electron chi connectivity index (χ3n) is 0. The zero-order valence-corrected chi connectivity index (χ0v) is 10.00. The summed E-state index contributed by atoms with van der Waals surface area (Å²) in [5, 5.41) is 0. The standard InChI is InChI=1S/2Cr.Fe.H2S.3S/h;;;1H2;;;/q2*+3;;;3*-2. The van der Waals surface area contributed by atoms with Crippen molar-refractivity contribution in [1.29, 1.82) is 0 Å². The topological polar surface area (TPSA) is 0 Å². The van der Waals surface area contributed by atoms with E-state index in [4.69, 9.17) is 0 Å². The summed E-state index contributed by atoms with van der Waals surface area (Å²) in [6.45, 7) is 0. The van der Waals surface area contributed by atoms with Crippen LogP contribution in [0.2, 0.25) is 0 Å². The molecule has 0 N–H and O–H groups in total. The van der Waals surface area contributed by atoms with Crippen LogP contribution in [0, 0.1) is 0 Å². The minimum atomic E-state index is 0. The molecule has 0 aromatic heterocycles. The van der Waals surface area contributed by atoms with Crippen molar-refractivity contribution in [2.75, 3.05) is 0 Å². The Balaban J connectivity index is 0. The van der Waals surface area contributed by atoms with E-state index >= 15 is 0 Å². The number of hydrogen-bond donors (Lipinski definition) is 0. The van der Waals surface area contributed by atoms with Gasteiger partial charge in [0.25, 0.3) is 0 Å². The average Bonchev–Trinajstić information content (AvgIpc) is 0. The second-order valence-electron chi connectivity index (χ2n) is 0. The molecule has 0 rings (SSSR count). The van der Waals surface area contributed by atoms with Crippen LogP contribution in [0.4, 0.5) is 0 Å². The molecule has 0 atom stereocenters. The molecule has 2 radical (unpaired) electrons. The van der Waals surface area contributed by atoms with Gasteiger partial charge in [0.15, 0.2) is 0 Å². The van der Waals surface area contributed by atoms with Crippen molar-refractivity contribution in [3.05, 3.63) is 0 Å². The SMILES string of the molecule is S.[Cr+3].[Cr+3].[Fe].[S-2].[S-2].[S-2]. The molecule has 0 nitrogen and oxygen atoms in total. The molecule has 0 fully saturated rings. The maximum Gasteiger partial charge on any atom is 3.00 e. The van der Waals surface area contributed by atoms with Gasteiger partial charge in [-0.15, -0.1) is 0 Å². The maximum atomic E-state index is 0. The Morgan fingerprint density at radius 2 is 0.571 bits per heavy atom. The van der Waals surface area contributed by atoms with Crippen LogP contribution >= 0.6 is 13.5 Å². The van der Waals surface area contributed by atoms with Crippen molar-refractivity contribution in [3.63, 3.8) is 0 Å². The van der Waals surface area contributed by atoms with Gasteiger partial charge in [-0.1, -0.05) is 0 Å². The molecule has 0 aromatic carbocycles. The normalized spacial score (nSPS) is 0. The van der Waals surface area contributed by atoms with Crippen LogP contribution in [0.1, 0.15) is 0 Å². The molecule has 0 amide bonds. The van der Waals surface area contributed by atoms with Gasteiger partial charge < -0.3 is 40.5 Å². The first-order chi connectivity index (χ1) is 0. The summed E-state index contributed by atoms with van der Waals surface area (Å²) < 4.78 is 0. The maximum absolute atomic E-state index is 0. The zero-order valence-electron chi connectivity index (χ0n) is 2.89. The summed E-state index contributed by atoms with van der Waals surface area (Å²) in [7, 11) is 0. The van der Waals surface area contributed by atoms with Gasteiger partial charge in [0.2, 0.25) is 0 Å². The summed E-state index contributed by atoms with van der Waals surface area (Å²) in [6, 6.07) is 0. The molecule has 0 aliphatic carbocycles. The van der Waals surface area contributed by atoms with Crippen LogP contribution in [0.15, 0.2) is 0 Å². The van der Waals surface area contributed by atoms with Crippen molar-refractivity contribution in [2.24, 2.45) is 0 Å². The molecule has 0 spiro atoms. The minimum Gasteiger partial charge on any atom is -2.00 e. The Morgan fingerprint density at radius 1 is 0.571 bits per heavy atom. The van der Waals surface area contributed by atoms with E-state index in [1.165, 1.54) is 0 Å². The Kier molecular flexibility index (Phi) is 831. The predicted octanol–water partition coefficient (Wildman–Crippen LogP) is 0.0981. The molecule has 0 aliphatic rings. The van der Waals surface area contributed by atoms with Crippen LogP contribution in [0.25, 0.3) is 0 Å². The van der Waals surface area contributed by atoms with Gasteiger partial charge in [0, 0.05) is 17.1 Å². The second kappa shape index (κ2) is 64.3. The van der Waals surface area contributed by atoms with Crippen molar-refractivity contribution in [1.82, 2.24) is 0 Å². The van der Waals surface area contributed by atoms with Gasteiger partial charge in [0.1, 0.15) is 0 Å². The number of rotatable bonds is 0. The summed E-state index contributed by atoms with van der Waals surface area (Å²) in [5.41, 5.74) is 0. The second-order valence-corrected chi connectivity index (χ2v) is 0. The Bertz CT molecular complexity index is 9.65. The minimum absolute atomic E-state index is 0. The fraction of sp³-hybridized carbons (Fsp3) is 0. The van der Waals surface area contributed by atoms with Crippen LogP contribution in [-0.4, -0.2) is 0 Å². The monoisotopic (exact) mass is 290 g/mol. The van der Waals surface area contributed by atoms with Gasteiger partial charge >= 0.3 is 34.7 Å². The largest absolute Gasteiger partial charge is 3.00 e. The molecular formula is H2Cr2FeS4. The molecule has 0 bridgehead atoms. The molecule has 0 aromatic rings. The van der Waals surface area contributed by atoms with E-state index in [1.54, 1.807) is 0 Å². The fourth-order valence-corrected chi connectivity index (χ4v) is 0. The first-order valence-corrected chi connectivity index (χ1v) is 0. The van der Waals surface area contributed by atoms with Crippen molar-refractivity contribution in [3.8, 4) is 0 Å². The first kappa shape index (κ1) is 90.5. The zero-order chi connectivity index (χ0) is 0. The molecule has 0 aliphatic heterocycles. The molecule has 7 heteroatoms. The molecule has 7 heavy (non-hydrogen) atoms. The van der Waals surface area contributed by atoms with Crippen LogP contribution < -0.4 is 0 Å². The van der Waals surface area contributed by atoms with Crippen LogP contribution in [0.3, 0.4) is 0 Å². The average molecular weight is 290 g/mol. The number of hydrogen-bond acceptors (Lipinski definition) is 0. The van der Waals surface area contributed by atoms with E-state index < -0.39 is 0 Å². The van der Waals surface area contributed by atoms with Crippen molar-refractivity contribution in [2.45, 2.75) is 0 Å². The van der Waals surface area contributed by atoms with Gasteiger partial charge in [0.05, 0.1) is 0 Å². The Hall–Kier alpha value is 2.98. The van der Waals surface area contributed by atoms with E-state index in [1.807, 2.05) is 0 Å². The van der Waals surface area contributed by atoms with Gasteiger partial charge in [-0.2, -0.15) is 13.5 Å². The molecular weight excluding hydrogens is 288 g/mol. The third kappa shape index (κ3) is 49.2. The fourth-order valence-electron chi connectivity index (χ4n) is 0. The Morgan fingerprint density at radius 3 is 0.571 bits per heavy atom. The van der Waals surface area contributed by atoms with E-state index in [9.17, 15) is 0 Å². The smallest absolute Gasteiger partial charge is 2.00 e. The summed E-state index contributed by atoms with van der Waals surface area (Å²) >= 11 is 0. The predicted molar refractivity (Wildman–Crippen MR) is 32.5 cm³/mol. The molecule has 46 valence electrons. The van der Waals surface area contributed by atoms with Gasteiger partial charge in [-0.05, 0) is 0 Å². The quantitative estimate of drug-likeness (QED) is 0.555.